The fraction of sp³-hybridized carbons (Fsp3) is 0.286. The number of likely N-dealkylation sites (N-methyl/N-ethyl adjacent to an activating group) is 1. The third-order valence-corrected chi connectivity index (χ3v) is 2.58. The van der Waals surface area contributed by atoms with E-state index in [0.717, 1.165) is 17.9 Å². The minimum absolute atomic E-state index is 0.344. The minimum atomic E-state index is 0.344. The molecule has 0 saturated carbocycles. The SMILES string of the molecule is CCNC(C)/C=C/c1cnn(-c2ccccc2)n1. The van der Waals surface area contributed by atoms with E-state index in [0.29, 0.717) is 6.04 Å². The first-order valence-corrected chi connectivity index (χ1v) is 6.19. The molecule has 0 aliphatic carbocycles. The number of para-hydroxylation sites is 1. The van der Waals surface area contributed by atoms with Crippen molar-refractivity contribution in [3.8, 4) is 5.69 Å². The summed E-state index contributed by atoms with van der Waals surface area (Å²) in [6, 6.07) is 10.2. The van der Waals surface area contributed by atoms with Gasteiger partial charge in [-0.25, -0.2) is 0 Å². The average Bonchev–Trinajstić information content (AvgIpc) is 2.87. The Bertz CT molecular complexity index is 502. The molecular formula is C14H18N4. The van der Waals surface area contributed by atoms with Gasteiger partial charge in [-0.3, -0.25) is 0 Å². The predicted octanol–water partition coefficient (Wildman–Crippen LogP) is 2.28. The molecule has 0 saturated heterocycles. The number of benzene rings is 1. The Balaban J connectivity index is 2.07. The Morgan fingerprint density at radius 2 is 2.11 bits per heavy atom. The molecular weight excluding hydrogens is 224 g/mol. The molecule has 4 heteroatoms. The Labute approximate surface area is 107 Å². The van der Waals surface area contributed by atoms with E-state index in [1.54, 1.807) is 11.0 Å². The summed E-state index contributed by atoms with van der Waals surface area (Å²) in [6.45, 7) is 5.17. The zero-order chi connectivity index (χ0) is 12.8. The van der Waals surface area contributed by atoms with Crippen molar-refractivity contribution in [3.63, 3.8) is 0 Å². The molecule has 1 aromatic heterocycles. The molecule has 1 N–H and O–H groups in total. The Hall–Kier alpha value is -1.94. The van der Waals surface area contributed by atoms with E-state index in [-0.39, 0.29) is 0 Å². The Kier molecular flexibility index (Phi) is 4.25. The molecule has 0 spiro atoms. The van der Waals surface area contributed by atoms with Crippen molar-refractivity contribution < 1.29 is 0 Å². The van der Waals surface area contributed by atoms with Crippen LogP contribution in [0.5, 0.6) is 0 Å². The molecule has 18 heavy (non-hydrogen) atoms. The first-order valence-electron chi connectivity index (χ1n) is 6.19. The van der Waals surface area contributed by atoms with Crippen LogP contribution in [-0.4, -0.2) is 27.6 Å². The van der Waals surface area contributed by atoms with Crippen LogP contribution in [0.4, 0.5) is 0 Å². The average molecular weight is 242 g/mol. The van der Waals surface area contributed by atoms with Crippen molar-refractivity contribution in [2.75, 3.05) is 6.54 Å². The van der Waals surface area contributed by atoms with Crippen LogP contribution in [0.15, 0.2) is 42.6 Å². The van der Waals surface area contributed by atoms with Gasteiger partial charge in [-0.05, 0) is 31.7 Å². The largest absolute Gasteiger partial charge is 0.311 e. The molecule has 0 amide bonds. The summed E-state index contributed by atoms with van der Waals surface area (Å²) in [6.07, 6.45) is 5.84. The van der Waals surface area contributed by atoms with Crippen LogP contribution in [-0.2, 0) is 0 Å². The van der Waals surface area contributed by atoms with Crippen LogP contribution in [0.25, 0.3) is 11.8 Å². The second kappa shape index (κ2) is 6.12. The maximum atomic E-state index is 4.40. The molecule has 94 valence electrons. The van der Waals surface area contributed by atoms with Gasteiger partial charge < -0.3 is 5.32 Å². The quantitative estimate of drug-likeness (QED) is 0.874. The van der Waals surface area contributed by atoms with E-state index >= 15 is 0 Å². The van der Waals surface area contributed by atoms with Gasteiger partial charge >= 0.3 is 0 Å². The van der Waals surface area contributed by atoms with Gasteiger partial charge in [0.1, 0.15) is 5.69 Å². The van der Waals surface area contributed by atoms with Gasteiger partial charge in [-0.1, -0.05) is 31.2 Å². The van der Waals surface area contributed by atoms with Gasteiger partial charge in [-0.15, -0.1) is 5.10 Å². The van der Waals surface area contributed by atoms with E-state index in [9.17, 15) is 0 Å². The van der Waals surface area contributed by atoms with Crippen LogP contribution < -0.4 is 5.32 Å². The second-order valence-corrected chi connectivity index (χ2v) is 4.10. The summed E-state index contributed by atoms with van der Waals surface area (Å²) < 4.78 is 0. The van der Waals surface area contributed by atoms with Gasteiger partial charge in [0, 0.05) is 6.04 Å². The lowest BCUT2D eigenvalue weighted by Crippen LogP contribution is -2.22. The molecule has 0 radical (unpaired) electrons. The first kappa shape index (κ1) is 12.5. The molecule has 1 unspecified atom stereocenters. The third-order valence-electron chi connectivity index (χ3n) is 2.58. The van der Waals surface area contributed by atoms with E-state index in [1.807, 2.05) is 36.4 Å². The Morgan fingerprint density at radius 3 is 2.83 bits per heavy atom. The highest BCUT2D eigenvalue weighted by Crippen LogP contribution is 2.05. The predicted molar refractivity (Wildman–Crippen MR) is 73.5 cm³/mol. The first-order chi connectivity index (χ1) is 8.79. The highest BCUT2D eigenvalue weighted by atomic mass is 15.5. The summed E-state index contributed by atoms with van der Waals surface area (Å²) >= 11 is 0. The van der Waals surface area contributed by atoms with Gasteiger partial charge in [0.2, 0.25) is 0 Å². The lowest BCUT2D eigenvalue weighted by atomic mass is 10.3. The van der Waals surface area contributed by atoms with E-state index in [4.69, 9.17) is 0 Å². The number of hydrogen-bond acceptors (Lipinski definition) is 3. The summed E-state index contributed by atoms with van der Waals surface area (Å²) in [5.74, 6) is 0. The molecule has 1 heterocycles. The van der Waals surface area contributed by atoms with Gasteiger partial charge in [-0.2, -0.15) is 9.90 Å². The van der Waals surface area contributed by atoms with Crippen molar-refractivity contribution in [3.05, 3.63) is 48.3 Å². The molecule has 0 aliphatic heterocycles. The molecule has 1 aromatic carbocycles. The molecule has 0 fully saturated rings. The molecule has 0 bridgehead atoms. The van der Waals surface area contributed by atoms with Crippen LogP contribution in [0.1, 0.15) is 19.5 Å². The minimum Gasteiger partial charge on any atom is -0.311 e. The number of aromatic nitrogens is 3. The normalized spacial score (nSPS) is 13.0. The molecule has 2 rings (SSSR count). The van der Waals surface area contributed by atoms with Crippen molar-refractivity contribution >= 4 is 6.08 Å². The number of nitrogens with zero attached hydrogens (tertiary/aromatic N) is 3. The summed E-state index contributed by atoms with van der Waals surface area (Å²) in [7, 11) is 0. The summed E-state index contributed by atoms with van der Waals surface area (Å²) in [4.78, 5) is 1.64. The lowest BCUT2D eigenvalue weighted by Gasteiger charge is -2.04. The van der Waals surface area contributed by atoms with E-state index < -0.39 is 0 Å². The smallest absolute Gasteiger partial charge is 0.106 e. The van der Waals surface area contributed by atoms with E-state index in [1.165, 1.54) is 0 Å². The second-order valence-electron chi connectivity index (χ2n) is 4.10. The van der Waals surface area contributed by atoms with Crippen LogP contribution in [0.3, 0.4) is 0 Å². The maximum absolute atomic E-state index is 4.40. The lowest BCUT2D eigenvalue weighted by molar-refractivity contribution is 0.662. The highest BCUT2D eigenvalue weighted by molar-refractivity contribution is 5.44. The zero-order valence-electron chi connectivity index (χ0n) is 10.7. The fourth-order valence-electron chi connectivity index (χ4n) is 1.67. The van der Waals surface area contributed by atoms with E-state index in [2.05, 4.69) is 35.4 Å². The van der Waals surface area contributed by atoms with Gasteiger partial charge in [0.15, 0.2) is 0 Å². The summed E-state index contributed by atoms with van der Waals surface area (Å²) in [5.41, 5.74) is 1.83. The Morgan fingerprint density at radius 1 is 1.33 bits per heavy atom. The number of nitrogens with one attached hydrogen (secondary N) is 1. The topological polar surface area (TPSA) is 42.7 Å². The molecule has 4 nitrogen and oxygen atoms in total. The van der Waals surface area contributed by atoms with Crippen LogP contribution in [0, 0.1) is 0 Å². The summed E-state index contributed by atoms with van der Waals surface area (Å²) in [5, 5.41) is 12.0. The number of hydrogen-bond donors (Lipinski definition) is 1. The van der Waals surface area contributed by atoms with Crippen molar-refractivity contribution in [1.82, 2.24) is 20.3 Å². The maximum Gasteiger partial charge on any atom is 0.106 e. The highest BCUT2D eigenvalue weighted by Gasteiger charge is 2.00. The standard InChI is InChI=1S/C14H18N4/c1-3-15-12(2)9-10-13-11-16-18(17-13)14-7-5-4-6-8-14/h4-12,15H,3H2,1-2H3/b10-9+. The van der Waals surface area contributed by atoms with Crippen LogP contribution >= 0.6 is 0 Å². The monoisotopic (exact) mass is 242 g/mol. The molecule has 0 aliphatic rings. The fourth-order valence-corrected chi connectivity index (χ4v) is 1.67. The zero-order valence-corrected chi connectivity index (χ0v) is 10.7. The van der Waals surface area contributed by atoms with Crippen molar-refractivity contribution in [2.45, 2.75) is 19.9 Å². The molecule has 1 atom stereocenters. The van der Waals surface area contributed by atoms with Gasteiger partial charge in [0.25, 0.3) is 0 Å². The van der Waals surface area contributed by atoms with Crippen molar-refractivity contribution in [2.24, 2.45) is 0 Å². The molecule has 2 aromatic rings. The van der Waals surface area contributed by atoms with Crippen molar-refractivity contribution in [1.29, 1.82) is 0 Å². The third kappa shape index (κ3) is 3.28. The van der Waals surface area contributed by atoms with Gasteiger partial charge in [0.05, 0.1) is 11.9 Å². The van der Waals surface area contributed by atoms with Crippen LogP contribution in [0.2, 0.25) is 0 Å². The number of rotatable bonds is 5.